The molecule has 0 unspecified atom stereocenters. The van der Waals surface area contributed by atoms with Crippen LogP contribution in [0, 0.1) is 6.92 Å². The maximum Gasteiger partial charge on any atom is 0.261 e. The second kappa shape index (κ2) is 8.61. The van der Waals surface area contributed by atoms with Crippen LogP contribution in [0.25, 0.3) is 10.2 Å². The highest BCUT2D eigenvalue weighted by Gasteiger charge is 2.23. The van der Waals surface area contributed by atoms with Crippen molar-refractivity contribution in [2.45, 2.75) is 51.5 Å². The Kier molecular flexibility index (Phi) is 5.96. The summed E-state index contributed by atoms with van der Waals surface area (Å²) in [5, 5.41) is 8.72. The number of amides is 2. The molecule has 0 bridgehead atoms. The number of ether oxygens (including phenoxy) is 1. The highest BCUT2D eigenvalue weighted by molar-refractivity contribution is 7.20. The lowest BCUT2D eigenvalue weighted by molar-refractivity contribution is -0.135. The normalized spacial score (nSPS) is 18.5. The largest absolute Gasteiger partial charge is 0.378 e. The fourth-order valence-electron chi connectivity index (χ4n) is 4.10. The van der Waals surface area contributed by atoms with Gasteiger partial charge in [0.25, 0.3) is 5.91 Å². The number of hydrogen-bond donors (Lipinski definition) is 1. The maximum absolute atomic E-state index is 12.6. The van der Waals surface area contributed by atoms with Gasteiger partial charge in [-0.25, -0.2) is 0 Å². The molecule has 1 aliphatic carbocycles. The number of nitrogens with one attached hydrogen (secondary N) is 1. The lowest BCUT2D eigenvalue weighted by Crippen LogP contribution is -2.41. The monoisotopic (exact) mass is 404 g/mol. The molecule has 0 aromatic carbocycles. The van der Waals surface area contributed by atoms with Gasteiger partial charge in [0.15, 0.2) is 0 Å². The average molecular weight is 405 g/mol. The third-order valence-electron chi connectivity index (χ3n) is 5.70. The number of aromatic nitrogens is 2. The van der Waals surface area contributed by atoms with E-state index in [1.807, 2.05) is 13.0 Å². The van der Waals surface area contributed by atoms with Crippen molar-refractivity contribution in [1.82, 2.24) is 20.0 Å². The summed E-state index contributed by atoms with van der Waals surface area (Å²) in [5.41, 5.74) is 0.985. The first-order valence-corrected chi connectivity index (χ1v) is 11.1. The Morgan fingerprint density at radius 1 is 1.25 bits per heavy atom. The van der Waals surface area contributed by atoms with E-state index in [0.29, 0.717) is 50.2 Å². The van der Waals surface area contributed by atoms with Crippen LogP contribution >= 0.6 is 11.3 Å². The highest BCUT2D eigenvalue weighted by Crippen LogP contribution is 2.35. The number of morpholine rings is 1. The molecule has 152 valence electrons. The number of aryl methyl sites for hydroxylation is 1. The second-order valence-electron chi connectivity index (χ2n) is 7.65. The minimum atomic E-state index is -0.106. The van der Waals surface area contributed by atoms with Gasteiger partial charge in [-0.3, -0.25) is 14.3 Å². The van der Waals surface area contributed by atoms with Gasteiger partial charge in [0.2, 0.25) is 5.91 Å². The van der Waals surface area contributed by atoms with Gasteiger partial charge in [-0.05, 0) is 25.8 Å². The number of carbonyl (C=O) groups is 2. The summed E-state index contributed by atoms with van der Waals surface area (Å²) in [7, 11) is 0. The Labute approximate surface area is 169 Å². The molecule has 8 heteroatoms. The maximum atomic E-state index is 12.6. The van der Waals surface area contributed by atoms with Gasteiger partial charge in [0.1, 0.15) is 4.83 Å². The van der Waals surface area contributed by atoms with Crippen LogP contribution in [0.15, 0.2) is 6.07 Å². The molecule has 2 amide bonds. The van der Waals surface area contributed by atoms with E-state index in [1.165, 1.54) is 43.4 Å². The first kappa shape index (κ1) is 19.4. The van der Waals surface area contributed by atoms with E-state index in [0.717, 1.165) is 15.9 Å². The van der Waals surface area contributed by atoms with E-state index in [9.17, 15) is 9.59 Å². The molecule has 1 saturated heterocycles. The van der Waals surface area contributed by atoms with E-state index in [1.54, 1.807) is 4.90 Å². The van der Waals surface area contributed by atoms with Crippen LogP contribution in [0.5, 0.6) is 0 Å². The fraction of sp³-hybridized carbons (Fsp3) is 0.650. The first-order valence-electron chi connectivity index (χ1n) is 10.3. The van der Waals surface area contributed by atoms with Crippen molar-refractivity contribution in [3.05, 3.63) is 16.6 Å². The van der Waals surface area contributed by atoms with Crippen molar-refractivity contribution in [2.24, 2.45) is 0 Å². The van der Waals surface area contributed by atoms with Gasteiger partial charge in [-0.1, -0.05) is 19.3 Å². The summed E-state index contributed by atoms with van der Waals surface area (Å²) in [6.07, 6.45) is 6.47. The predicted octanol–water partition coefficient (Wildman–Crippen LogP) is 2.89. The Morgan fingerprint density at radius 3 is 2.75 bits per heavy atom. The number of fused-ring (bicyclic) bond motifs is 1. The Morgan fingerprint density at radius 2 is 2.00 bits per heavy atom. The summed E-state index contributed by atoms with van der Waals surface area (Å²) < 4.78 is 7.41. The molecule has 3 heterocycles. The van der Waals surface area contributed by atoms with Crippen LogP contribution < -0.4 is 5.32 Å². The molecule has 1 saturated carbocycles. The molecule has 0 spiro atoms. The average Bonchev–Trinajstić information content (AvgIpc) is 3.30. The topological polar surface area (TPSA) is 76.5 Å². The molecule has 2 fully saturated rings. The zero-order valence-electron chi connectivity index (χ0n) is 16.4. The molecule has 0 atom stereocenters. The van der Waals surface area contributed by atoms with Crippen molar-refractivity contribution >= 4 is 33.4 Å². The summed E-state index contributed by atoms with van der Waals surface area (Å²) in [5.74, 6) is -0.0331. The van der Waals surface area contributed by atoms with Crippen LogP contribution in [0.2, 0.25) is 0 Å². The fourth-order valence-corrected chi connectivity index (χ4v) is 5.25. The molecule has 2 aliphatic rings. The number of carbonyl (C=O) groups excluding carboxylic acids is 2. The zero-order valence-corrected chi connectivity index (χ0v) is 17.2. The number of hydrogen-bond acceptors (Lipinski definition) is 5. The van der Waals surface area contributed by atoms with Crippen molar-refractivity contribution in [2.75, 3.05) is 32.8 Å². The molecule has 0 radical (unpaired) electrons. The van der Waals surface area contributed by atoms with E-state index < -0.39 is 0 Å². The third-order valence-corrected chi connectivity index (χ3v) is 6.82. The van der Waals surface area contributed by atoms with Gasteiger partial charge in [0.05, 0.1) is 29.8 Å². The van der Waals surface area contributed by atoms with Crippen LogP contribution in [-0.2, 0) is 9.53 Å². The summed E-state index contributed by atoms with van der Waals surface area (Å²) in [6.45, 7) is 4.84. The molecule has 1 N–H and O–H groups in total. The minimum Gasteiger partial charge on any atom is -0.378 e. The van der Waals surface area contributed by atoms with E-state index in [-0.39, 0.29) is 11.8 Å². The van der Waals surface area contributed by atoms with Crippen LogP contribution in [0.4, 0.5) is 0 Å². The molecule has 1 aliphatic heterocycles. The van der Waals surface area contributed by atoms with Crippen molar-refractivity contribution < 1.29 is 14.3 Å². The standard InChI is InChI=1S/C20H28N4O3S/c1-14-16-13-17(28-20(16)24(22-14)15-5-3-2-4-6-15)19(26)21-8-7-18(25)23-9-11-27-12-10-23/h13,15H,2-12H2,1H3,(H,21,26). The SMILES string of the molecule is Cc1nn(C2CCCCC2)c2sc(C(=O)NCCC(=O)N3CCOCC3)cc12. The molecule has 4 rings (SSSR count). The molecular formula is C20H28N4O3S. The summed E-state index contributed by atoms with van der Waals surface area (Å²) >= 11 is 1.51. The van der Waals surface area contributed by atoms with Crippen LogP contribution in [-0.4, -0.2) is 59.3 Å². The predicted molar refractivity (Wildman–Crippen MR) is 109 cm³/mol. The molecule has 28 heavy (non-hydrogen) atoms. The van der Waals surface area contributed by atoms with Crippen LogP contribution in [0.1, 0.15) is 59.9 Å². The van der Waals surface area contributed by atoms with Gasteiger partial charge >= 0.3 is 0 Å². The zero-order chi connectivity index (χ0) is 19.5. The van der Waals surface area contributed by atoms with Gasteiger partial charge < -0.3 is 15.0 Å². The quantitative estimate of drug-likeness (QED) is 0.831. The van der Waals surface area contributed by atoms with E-state index >= 15 is 0 Å². The number of nitrogens with zero attached hydrogens (tertiary/aromatic N) is 3. The lowest BCUT2D eigenvalue weighted by Gasteiger charge is -2.26. The van der Waals surface area contributed by atoms with Gasteiger partial charge in [0, 0.05) is 31.4 Å². The van der Waals surface area contributed by atoms with E-state index in [2.05, 4.69) is 10.00 Å². The van der Waals surface area contributed by atoms with E-state index in [4.69, 9.17) is 9.84 Å². The molecule has 2 aromatic rings. The van der Waals surface area contributed by atoms with Crippen molar-refractivity contribution in [1.29, 1.82) is 0 Å². The number of thiophene rings is 1. The van der Waals surface area contributed by atoms with Gasteiger partial charge in [-0.2, -0.15) is 5.10 Å². The van der Waals surface area contributed by atoms with Crippen LogP contribution in [0.3, 0.4) is 0 Å². The molecule has 7 nitrogen and oxygen atoms in total. The Hall–Kier alpha value is -1.93. The second-order valence-corrected chi connectivity index (χ2v) is 8.68. The molecular weight excluding hydrogens is 376 g/mol. The Bertz CT molecular complexity index is 847. The summed E-state index contributed by atoms with van der Waals surface area (Å²) in [6, 6.07) is 2.39. The first-order chi connectivity index (χ1) is 13.6. The van der Waals surface area contributed by atoms with Crippen molar-refractivity contribution in [3.63, 3.8) is 0 Å². The smallest absolute Gasteiger partial charge is 0.261 e. The lowest BCUT2D eigenvalue weighted by atomic mass is 9.96. The summed E-state index contributed by atoms with van der Waals surface area (Å²) in [4.78, 5) is 28.4. The third kappa shape index (κ3) is 4.07. The number of rotatable bonds is 5. The Balaban J connectivity index is 1.38. The van der Waals surface area contributed by atoms with Crippen molar-refractivity contribution in [3.8, 4) is 0 Å². The molecule has 2 aromatic heterocycles. The highest BCUT2D eigenvalue weighted by atomic mass is 32.1. The minimum absolute atomic E-state index is 0.0729. The van der Waals surface area contributed by atoms with Gasteiger partial charge in [-0.15, -0.1) is 11.3 Å².